The number of hydrogen-bond acceptors (Lipinski definition) is 1. The molecular formula is C13H15BrF3N. The number of piperidine rings is 1. The molecule has 2 rings (SSSR count). The van der Waals surface area contributed by atoms with Gasteiger partial charge in [0, 0.05) is 17.6 Å². The molecular weight excluding hydrogens is 307 g/mol. The normalized spacial score (nSPS) is 22.1. The van der Waals surface area contributed by atoms with Crippen molar-refractivity contribution >= 4 is 15.9 Å². The van der Waals surface area contributed by atoms with Crippen molar-refractivity contribution < 1.29 is 13.2 Å². The van der Waals surface area contributed by atoms with E-state index in [0.717, 1.165) is 16.6 Å². The second kappa shape index (κ2) is 5.61. The predicted molar refractivity (Wildman–Crippen MR) is 68.2 cm³/mol. The summed E-state index contributed by atoms with van der Waals surface area (Å²) in [6.07, 6.45) is -3.18. The first-order valence-electron chi connectivity index (χ1n) is 5.99. The third kappa shape index (κ3) is 3.48. The van der Waals surface area contributed by atoms with Gasteiger partial charge >= 0.3 is 6.18 Å². The van der Waals surface area contributed by atoms with Crippen molar-refractivity contribution in [3.8, 4) is 0 Å². The topological polar surface area (TPSA) is 3.24 Å². The predicted octanol–water partition coefficient (Wildman–Crippen LogP) is 4.22. The molecule has 1 aromatic rings. The number of halogens is 4. The van der Waals surface area contributed by atoms with Crippen LogP contribution in [0.25, 0.3) is 0 Å². The van der Waals surface area contributed by atoms with E-state index in [1.54, 1.807) is 0 Å². The highest BCUT2D eigenvalue weighted by Gasteiger charge is 2.41. The fourth-order valence-electron chi connectivity index (χ4n) is 2.33. The van der Waals surface area contributed by atoms with Gasteiger partial charge in [0.05, 0.1) is 5.92 Å². The summed E-state index contributed by atoms with van der Waals surface area (Å²) in [5.41, 5.74) is 1.04. The highest BCUT2D eigenvalue weighted by atomic mass is 79.9. The van der Waals surface area contributed by atoms with Crippen molar-refractivity contribution in [3.05, 3.63) is 34.3 Å². The Kier molecular flexibility index (Phi) is 4.33. The van der Waals surface area contributed by atoms with Gasteiger partial charge in [-0.05, 0) is 31.0 Å². The molecule has 1 heterocycles. The molecule has 0 amide bonds. The summed E-state index contributed by atoms with van der Waals surface area (Å²) in [5.74, 6) is -1.17. The first-order valence-corrected chi connectivity index (χ1v) is 6.78. The number of alkyl halides is 3. The molecule has 0 N–H and O–H groups in total. The van der Waals surface area contributed by atoms with E-state index in [1.165, 1.54) is 0 Å². The Labute approximate surface area is 113 Å². The SMILES string of the molecule is FC(F)(F)[C@@H]1CCCN(Cc2ccccc2Br)C1. The quantitative estimate of drug-likeness (QED) is 0.788. The third-order valence-electron chi connectivity index (χ3n) is 3.32. The Morgan fingerprint density at radius 3 is 2.67 bits per heavy atom. The summed E-state index contributed by atoms with van der Waals surface area (Å²) in [6, 6.07) is 7.68. The molecule has 1 atom stereocenters. The number of rotatable bonds is 2. The fourth-order valence-corrected chi connectivity index (χ4v) is 2.74. The smallest absolute Gasteiger partial charge is 0.298 e. The number of nitrogens with zero attached hydrogens (tertiary/aromatic N) is 1. The Hall–Kier alpha value is -0.550. The number of likely N-dealkylation sites (tertiary alicyclic amines) is 1. The first kappa shape index (κ1) is 13.9. The average Bonchev–Trinajstić information content (AvgIpc) is 2.31. The van der Waals surface area contributed by atoms with Gasteiger partial charge in [-0.25, -0.2) is 0 Å². The monoisotopic (exact) mass is 321 g/mol. The summed E-state index contributed by atoms with van der Waals surface area (Å²) in [4.78, 5) is 1.89. The van der Waals surface area contributed by atoms with Crippen LogP contribution in [-0.2, 0) is 6.54 Å². The lowest BCUT2D eigenvalue weighted by atomic mass is 9.97. The Morgan fingerprint density at radius 2 is 2.00 bits per heavy atom. The van der Waals surface area contributed by atoms with E-state index in [9.17, 15) is 13.2 Å². The molecule has 0 aromatic heterocycles. The summed E-state index contributed by atoms with van der Waals surface area (Å²) < 4.78 is 39.0. The molecule has 1 aliphatic heterocycles. The largest absolute Gasteiger partial charge is 0.393 e. The van der Waals surface area contributed by atoms with Gasteiger partial charge in [-0.1, -0.05) is 34.1 Å². The van der Waals surface area contributed by atoms with Crippen LogP contribution in [0.1, 0.15) is 18.4 Å². The minimum Gasteiger partial charge on any atom is -0.298 e. The van der Waals surface area contributed by atoms with Crippen LogP contribution in [0, 0.1) is 5.92 Å². The molecule has 0 spiro atoms. The van der Waals surface area contributed by atoms with Crippen LogP contribution in [0.2, 0.25) is 0 Å². The summed E-state index contributed by atoms with van der Waals surface area (Å²) >= 11 is 3.43. The van der Waals surface area contributed by atoms with Crippen molar-refractivity contribution in [2.45, 2.75) is 25.6 Å². The van der Waals surface area contributed by atoms with Gasteiger partial charge in [0.25, 0.3) is 0 Å². The summed E-state index contributed by atoms with van der Waals surface area (Å²) in [5, 5.41) is 0. The van der Waals surface area contributed by atoms with E-state index in [4.69, 9.17) is 0 Å². The van der Waals surface area contributed by atoms with E-state index in [0.29, 0.717) is 13.0 Å². The maximum Gasteiger partial charge on any atom is 0.393 e. The van der Waals surface area contributed by atoms with Crippen LogP contribution in [-0.4, -0.2) is 24.2 Å². The highest BCUT2D eigenvalue weighted by Crippen LogP contribution is 2.33. The fraction of sp³-hybridized carbons (Fsp3) is 0.538. The molecule has 1 fully saturated rings. The second-order valence-electron chi connectivity index (χ2n) is 4.71. The molecule has 5 heteroatoms. The zero-order valence-corrected chi connectivity index (χ0v) is 11.5. The zero-order valence-electron chi connectivity index (χ0n) is 9.88. The minimum atomic E-state index is -4.06. The molecule has 1 nitrogen and oxygen atoms in total. The van der Waals surface area contributed by atoms with E-state index >= 15 is 0 Å². The Bertz CT molecular complexity index is 405. The maximum atomic E-state index is 12.7. The first-order chi connectivity index (χ1) is 8.47. The summed E-state index contributed by atoms with van der Waals surface area (Å²) in [6.45, 7) is 1.44. The van der Waals surface area contributed by atoms with Crippen LogP contribution in [0.5, 0.6) is 0 Å². The average molecular weight is 322 g/mol. The molecule has 0 aliphatic carbocycles. The zero-order chi connectivity index (χ0) is 13.2. The van der Waals surface area contributed by atoms with Gasteiger partial charge in [-0.2, -0.15) is 13.2 Å². The second-order valence-corrected chi connectivity index (χ2v) is 5.56. The van der Waals surface area contributed by atoms with Gasteiger partial charge in [0.15, 0.2) is 0 Å². The Morgan fingerprint density at radius 1 is 1.28 bits per heavy atom. The summed E-state index contributed by atoms with van der Waals surface area (Å²) in [7, 11) is 0. The maximum absolute atomic E-state index is 12.7. The van der Waals surface area contributed by atoms with Gasteiger partial charge in [0.2, 0.25) is 0 Å². The minimum absolute atomic E-state index is 0.116. The van der Waals surface area contributed by atoms with Crippen LogP contribution >= 0.6 is 15.9 Å². The van der Waals surface area contributed by atoms with Crippen LogP contribution < -0.4 is 0 Å². The van der Waals surface area contributed by atoms with Crippen LogP contribution in [0.3, 0.4) is 0 Å². The molecule has 0 radical (unpaired) electrons. The van der Waals surface area contributed by atoms with Crippen LogP contribution in [0.15, 0.2) is 28.7 Å². The van der Waals surface area contributed by atoms with Gasteiger partial charge in [0.1, 0.15) is 0 Å². The molecule has 1 saturated heterocycles. The van der Waals surface area contributed by atoms with Gasteiger partial charge in [-0.3, -0.25) is 4.90 Å². The molecule has 18 heavy (non-hydrogen) atoms. The molecule has 1 aliphatic rings. The van der Waals surface area contributed by atoms with E-state index in [2.05, 4.69) is 15.9 Å². The van der Waals surface area contributed by atoms with E-state index in [1.807, 2.05) is 29.2 Å². The van der Waals surface area contributed by atoms with E-state index in [-0.39, 0.29) is 13.0 Å². The van der Waals surface area contributed by atoms with Crippen molar-refractivity contribution in [2.24, 2.45) is 5.92 Å². The lowest BCUT2D eigenvalue weighted by Gasteiger charge is -2.33. The number of hydrogen-bond donors (Lipinski definition) is 0. The molecule has 0 unspecified atom stereocenters. The molecule has 0 saturated carbocycles. The number of benzene rings is 1. The third-order valence-corrected chi connectivity index (χ3v) is 4.09. The highest BCUT2D eigenvalue weighted by molar-refractivity contribution is 9.10. The lowest BCUT2D eigenvalue weighted by molar-refractivity contribution is -0.187. The Balaban J connectivity index is 2.00. The van der Waals surface area contributed by atoms with Crippen molar-refractivity contribution in [1.82, 2.24) is 4.90 Å². The van der Waals surface area contributed by atoms with Gasteiger partial charge in [-0.15, -0.1) is 0 Å². The van der Waals surface area contributed by atoms with Crippen LogP contribution in [0.4, 0.5) is 13.2 Å². The van der Waals surface area contributed by atoms with Crippen molar-refractivity contribution in [3.63, 3.8) is 0 Å². The molecule has 1 aromatic carbocycles. The lowest BCUT2D eigenvalue weighted by Crippen LogP contribution is -2.41. The van der Waals surface area contributed by atoms with Gasteiger partial charge < -0.3 is 0 Å². The molecule has 0 bridgehead atoms. The van der Waals surface area contributed by atoms with Crippen molar-refractivity contribution in [1.29, 1.82) is 0 Å². The molecule has 100 valence electrons. The van der Waals surface area contributed by atoms with E-state index < -0.39 is 12.1 Å². The standard InChI is InChI=1S/C13H15BrF3N/c14-12-6-2-1-4-10(12)8-18-7-3-5-11(9-18)13(15,16)17/h1-2,4,6,11H,3,5,7-9H2/t11-/m1/s1. The van der Waals surface area contributed by atoms with Crippen molar-refractivity contribution in [2.75, 3.05) is 13.1 Å².